The molecule has 8 heteroatoms. The number of rotatable bonds is 6. The van der Waals surface area contributed by atoms with Crippen molar-refractivity contribution in [2.24, 2.45) is 0 Å². The van der Waals surface area contributed by atoms with Gasteiger partial charge < -0.3 is 14.4 Å². The van der Waals surface area contributed by atoms with Gasteiger partial charge in [-0.25, -0.2) is 0 Å². The van der Waals surface area contributed by atoms with Gasteiger partial charge in [0.05, 0.1) is 0 Å². The van der Waals surface area contributed by atoms with Gasteiger partial charge in [0.1, 0.15) is 13.2 Å². The number of allylic oxidation sites excluding steroid dienone is 4. The molecule has 0 saturated heterocycles. The first-order chi connectivity index (χ1) is 18.7. The SMILES string of the molecule is O=C1C=CC2(C=C1)CCN(C(=O)C(F)(F)F)Cc1cc(OCc3ccccc3)c(OCc3ccccc3)cc12. The standard InChI is InChI=1S/C31H26F3NO4/c32-31(33,34)29(37)35-16-15-30(13-11-25(36)12-14-30)26-18-28(39-21-23-9-5-2-6-10-23)27(17-24(26)19-35)38-20-22-7-3-1-4-8-22/h1-14,17-18H,15-16,19-21H2. The van der Waals surface area contributed by atoms with Gasteiger partial charge in [0.15, 0.2) is 17.3 Å². The predicted molar refractivity (Wildman–Crippen MR) is 139 cm³/mol. The summed E-state index contributed by atoms with van der Waals surface area (Å²) in [6.07, 6.45) is 1.38. The largest absolute Gasteiger partial charge is 0.485 e. The summed E-state index contributed by atoms with van der Waals surface area (Å²) in [5.74, 6) is -1.34. The molecule has 1 heterocycles. The first kappa shape index (κ1) is 26.3. The maximum absolute atomic E-state index is 13.4. The van der Waals surface area contributed by atoms with Crippen molar-refractivity contribution >= 4 is 11.7 Å². The van der Waals surface area contributed by atoms with Crippen LogP contribution in [-0.2, 0) is 34.8 Å². The molecule has 5 rings (SSSR count). The molecule has 39 heavy (non-hydrogen) atoms. The van der Waals surface area contributed by atoms with E-state index in [0.717, 1.165) is 16.0 Å². The zero-order chi connectivity index (χ0) is 27.5. The first-order valence-corrected chi connectivity index (χ1v) is 12.5. The number of benzene rings is 3. The molecule has 0 N–H and O–H groups in total. The highest BCUT2D eigenvalue weighted by molar-refractivity contribution is 6.00. The summed E-state index contributed by atoms with van der Waals surface area (Å²) in [7, 11) is 0. The molecule has 1 aliphatic heterocycles. The van der Waals surface area contributed by atoms with Crippen molar-refractivity contribution in [3.05, 3.63) is 119 Å². The molecule has 200 valence electrons. The Hall–Kier alpha value is -4.33. The molecule has 0 aromatic heterocycles. The van der Waals surface area contributed by atoms with Crippen molar-refractivity contribution in [1.82, 2.24) is 4.90 Å². The smallest absolute Gasteiger partial charge is 0.471 e. The third kappa shape index (κ3) is 5.90. The fraction of sp³-hybridized carbons (Fsp3) is 0.226. The number of hydrogen-bond acceptors (Lipinski definition) is 4. The Labute approximate surface area is 224 Å². The van der Waals surface area contributed by atoms with Crippen LogP contribution in [0.15, 0.2) is 97.1 Å². The molecule has 3 aromatic rings. The van der Waals surface area contributed by atoms with Crippen LogP contribution in [0.25, 0.3) is 0 Å². The lowest BCUT2D eigenvalue weighted by Crippen LogP contribution is -2.41. The number of ketones is 1. The normalized spacial score (nSPS) is 16.1. The van der Waals surface area contributed by atoms with Crippen molar-refractivity contribution in [3.63, 3.8) is 0 Å². The van der Waals surface area contributed by atoms with Gasteiger partial charge in [-0.15, -0.1) is 0 Å². The lowest BCUT2D eigenvalue weighted by Gasteiger charge is -2.30. The van der Waals surface area contributed by atoms with Gasteiger partial charge in [0, 0.05) is 18.5 Å². The lowest BCUT2D eigenvalue weighted by atomic mass is 9.73. The molecule has 0 saturated carbocycles. The zero-order valence-electron chi connectivity index (χ0n) is 21.0. The van der Waals surface area contributed by atoms with Gasteiger partial charge in [-0.05, 0) is 53.0 Å². The van der Waals surface area contributed by atoms with Crippen LogP contribution >= 0.6 is 0 Å². The Balaban J connectivity index is 1.58. The minimum Gasteiger partial charge on any atom is -0.485 e. The minimum atomic E-state index is -5.00. The van der Waals surface area contributed by atoms with Gasteiger partial charge in [-0.2, -0.15) is 13.2 Å². The molecule has 3 aromatic carbocycles. The van der Waals surface area contributed by atoms with E-state index < -0.39 is 17.5 Å². The number of alkyl halides is 3. The third-order valence-corrected chi connectivity index (χ3v) is 6.92. The van der Waals surface area contributed by atoms with Crippen molar-refractivity contribution in [1.29, 1.82) is 0 Å². The predicted octanol–water partition coefficient (Wildman–Crippen LogP) is 6.07. The summed E-state index contributed by atoms with van der Waals surface area (Å²) in [6.45, 7) is 0.0607. The van der Waals surface area contributed by atoms with E-state index >= 15 is 0 Å². The molecule has 5 nitrogen and oxygen atoms in total. The van der Waals surface area contributed by atoms with Crippen molar-refractivity contribution in [3.8, 4) is 11.5 Å². The van der Waals surface area contributed by atoms with Gasteiger partial charge >= 0.3 is 12.1 Å². The van der Waals surface area contributed by atoms with Crippen molar-refractivity contribution < 1.29 is 32.2 Å². The van der Waals surface area contributed by atoms with Crippen LogP contribution in [0.3, 0.4) is 0 Å². The van der Waals surface area contributed by atoms with Gasteiger partial charge in [0.2, 0.25) is 0 Å². The maximum Gasteiger partial charge on any atom is 0.471 e. The van der Waals surface area contributed by atoms with Crippen LogP contribution < -0.4 is 9.47 Å². The van der Waals surface area contributed by atoms with E-state index in [2.05, 4.69) is 0 Å². The fourth-order valence-corrected chi connectivity index (χ4v) is 4.87. The van der Waals surface area contributed by atoms with Crippen LogP contribution in [0.5, 0.6) is 11.5 Å². The zero-order valence-corrected chi connectivity index (χ0v) is 21.0. The van der Waals surface area contributed by atoms with Crippen LogP contribution in [0.4, 0.5) is 13.2 Å². The summed E-state index contributed by atoms with van der Waals surface area (Å²) < 4.78 is 52.6. The number of nitrogens with zero attached hydrogens (tertiary/aromatic N) is 1. The highest BCUT2D eigenvalue weighted by Crippen LogP contribution is 2.44. The number of ether oxygens (including phenoxy) is 2. The molecule has 0 unspecified atom stereocenters. The first-order valence-electron chi connectivity index (χ1n) is 12.5. The molecule has 1 spiro atoms. The average molecular weight is 534 g/mol. The second-order valence-electron chi connectivity index (χ2n) is 9.59. The summed E-state index contributed by atoms with van der Waals surface area (Å²) in [5.41, 5.74) is 2.11. The van der Waals surface area contributed by atoms with E-state index in [1.54, 1.807) is 24.3 Å². The van der Waals surface area contributed by atoms with Gasteiger partial charge in [-0.1, -0.05) is 72.8 Å². The summed E-state index contributed by atoms with van der Waals surface area (Å²) >= 11 is 0. The lowest BCUT2D eigenvalue weighted by molar-refractivity contribution is -0.186. The summed E-state index contributed by atoms with van der Waals surface area (Å²) in [6, 6.07) is 22.4. The monoisotopic (exact) mass is 533 g/mol. The molecular weight excluding hydrogens is 507 g/mol. The number of hydrogen-bond donors (Lipinski definition) is 0. The van der Waals surface area contributed by atoms with E-state index in [-0.39, 0.29) is 38.5 Å². The van der Waals surface area contributed by atoms with E-state index in [9.17, 15) is 22.8 Å². The quantitative estimate of drug-likeness (QED) is 0.386. The maximum atomic E-state index is 13.4. The van der Waals surface area contributed by atoms with Crippen molar-refractivity contribution in [2.45, 2.75) is 37.8 Å². The van der Waals surface area contributed by atoms with Crippen LogP contribution in [0.2, 0.25) is 0 Å². The number of halogens is 3. The van der Waals surface area contributed by atoms with Crippen LogP contribution in [-0.4, -0.2) is 29.3 Å². The minimum absolute atomic E-state index is 0.143. The molecule has 0 bridgehead atoms. The molecule has 2 aliphatic rings. The Kier molecular flexibility index (Phi) is 7.28. The number of amides is 1. The fourth-order valence-electron chi connectivity index (χ4n) is 4.87. The second kappa shape index (κ2) is 10.8. The van der Waals surface area contributed by atoms with E-state index in [0.29, 0.717) is 22.6 Å². The number of fused-ring (bicyclic) bond motifs is 2. The molecule has 0 atom stereocenters. The molecular formula is C31H26F3NO4. The molecule has 0 radical (unpaired) electrons. The van der Waals surface area contributed by atoms with Crippen molar-refractivity contribution in [2.75, 3.05) is 6.54 Å². The molecule has 0 fully saturated rings. The van der Waals surface area contributed by atoms with Gasteiger partial charge in [-0.3, -0.25) is 9.59 Å². The molecule has 1 aliphatic carbocycles. The molecule has 1 amide bonds. The Morgan fingerprint density at radius 2 is 1.38 bits per heavy atom. The average Bonchev–Trinajstić information content (AvgIpc) is 3.09. The summed E-state index contributed by atoms with van der Waals surface area (Å²) in [5, 5.41) is 0. The van der Waals surface area contributed by atoms with E-state index in [4.69, 9.17) is 9.47 Å². The van der Waals surface area contributed by atoms with Crippen LogP contribution in [0.1, 0.15) is 28.7 Å². The number of carbonyl (C=O) groups is 2. The Morgan fingerprint density at radius 1 is 0.846 bits per heavy atom. The summed E-state index contributed by atoms with van der Waals surface area (Å²) in [4.78, 5) is 25.0. The topological polar surface area (TPSA) is 55.8 Å². The Bertz CT molecular complexity index is 1400. The highest BCUT2D eigenvalue weighted by Gasteiger charge is 2.45. The van der Waals surface area contributed by atoms with Gasteiger partial charge in [0.25, 0.3) is 0 Å². The third-order valence-electron chi connectivity index (χ3n) is 6.92. The second-order valence-corrected chi connectivity index (χ2v) is 9.59. The van der Waals surface area contributed by atoms with E-state index in [1.807, 2.05) is 60.7 Å². The Morgan fingerprint density at radius 3 is 1.92 bits per heavy atom. The highest BCUT2D eigenvalue weighted by atomic mass is 19.4. The van der Waals surface area contributed by atoms with Crippen LogP contribution in [0, 0.1) is 0 Å². The van der Waals surface area contributed by atoms with E-state index in [1.165, 1.54) is 12.2 Å². The number of carbonyl (C=O) groups excluding carboxylic acids is 2.